The van der Waals surface area contributed by atoms with Crippen LogP contribution in [0.5, 0.6) is 0 Å². The highest BCUT2D eigenvalue weighted by atomic mass is 14.3. The van der Waals surface area contributed by atoms with Gasteiger partial charge in [0.05, 0.1) is 0 Å². The maximum Gasteiger partial charge on any atom is -0.0162 e. The molecule has 28 heavy (non-hydrogen) atoms. The van der Waals surface area contributed by atoms with Gasteiger partial charge in [0.15, 0.2) is 0 Å². The molecule has 0 heteroatoms. The maximum absolute atomic E-state index is 2.55. The summed E-state index contributed by atoms with van der Waals surface area (Å²) < 4.78 is 0. The van der Waals surface area contributed by atoms with Gasteiger partial charge in [-0.05, 0) is 98.0 Å². The summed E-state index contributed by atoms with van der Waals surface area (Å²) in [6.07, 6.45) is 23.9. The quantitative estimate of drug-likeness (QED) is 0.463. The zero-order chi connectivity index (χ0) is 19.3. The SMILES string of the molecule is CC1C=CC(C2CCC(c3ccc(/C=C/C4CCC(C)CC4)cc3)CC2)CC1. The van der Waals surface area contributed by atoms with Crippen molar-refractivity contribution in [2.24, 2.45) is 29.6 Å². The average Bonchev–Trinajstić information content (AvgIpc) is 2.74. The molecule has 0 bridgehead atoms. The van der Waals surface area contributed by atoms with Crippen LogP contribution in [0.4, 0.5) is 0 Å². The van der Waals surface area contributed by atoms with E-state index in [-0.39, 0.29) is 0 Å². The maximum atomic E-state index is 2.55. The highest BCUT2D eigenvalue weighted by Gasteiger charge is 2.28. The van der Waals surface area contributed by atoms with Crippen LogP contribution in [0.1, 0.15) is 95.1 Å². The van der Waals surface area contributed by atoms with Crippen LogP contribution in [0.3, 0.4) is 0 Å². The van der Waals surface area contributed by atoms with E-state index in [0.717, 1.165) is 35.5 Å². The van der Waals surface area contributed by atoms with E-state index in [4.69, 9.17) is 0 Å². The topological polar surface area (TPSA) is 0 Å². The minimum atomic E-state index is 0.792. The molecule has 0 N–H and O–H groups in total. The van der Waals surface area contributed by atoms with Crippen molar-refractivity contribution in [3.8, 4) is 0 Å². The first-order valence-electron chi connectivity index (χ1n) is 12.1. The zero-order valence-electron chi connectivity index (χ0n) is 18.2. The van der Waals surface area contributed by atoms with Crippen LogP contribution in [0.2, 0.25) is 0 Å². The molecule has 0 nitrogen and oxygen atoms in total. The minimum absolute atomic E-state index is 0.792. The Morgan fingerprint density at radius 3 is 2.07 bits per heavy atom. The Morgan fingerprint density at radius 1 is 0.714 bits per heavy atom. The second kappa shape index (κ2) is 9.47. The second-order valence-electron chi connectivity index (χ2n) is 10.3. The molecule has 1 aromatic carbocycles. The van der Waals surface area contributed by atoms with E-state index < -0.39 is 0 Å². The molecule has 2 atom stereocenters. The first-order chi connectivity index (χ1) is 13.7. The molecule has 0 radical (unpaired) electrons. The van der Waals surface area contributed by atoms with Gasteiger partial charge in [0, 0.05) is 0 Å². The van der Waals surface area contributed by atoms with Crippen molar-refractivity contribution in [2.45, 2.75) is 84.0 Å². The molecule has 0 heterocycles. The van der Waals surface area contributed by atoms with Gasteiger partial charge >= 0.3 is 0 Å². The highest BCUT2D eigenvalue weighted by molar-refractivity contribution is 5.50. The van der Waals surface area contributed by atoms with Crippen LogP contribution < -0.4 is 0 Å². The average molecular weight is 377 g/mol. The summed E-state index contributed by atoms with van der Waals surface area (Å²) in [5.74, 6) is 5.16. The van der Waals surface area contributed by atoms with Crippen LogP contribution in [-0.2, 0) is 0 Å². The predicted octanol–water partition coefficient (Wildman–Crippen LogP) is 8.40. The molecule has 0 aliphatic heterocycles. The van der Waals surface area contributed by atoms with E-state index in [1.165, 1.54) is 69.8 Å². The molecule has 4 rings (SSSR count). The van der Waals surface area contributed by atoms with Gasteiger partial charge in [-0.15, -0.1) is 0 Å². The Labute approximate surface area is 173 Å². The van der Waals surface area contributed by atoms with E-state index in [2.05, 4.69) is 62.4 Å². The van der Waals surface area contributed by atoms with E-state index >= 15 is 0 Å². The van der Waals surface area contributed by atoms with E-state index in [9.17, 15) is 0 Å². The molecule has 2 unspecified atom stereocenters. The van der Waals surface area contributed by atoms with Crippen LogP contribution in [-0.4, -0.2) is 0 Å². The molecule has 152 valence electrons. The van der Waals surface area contributed by atoms with E-state index in [1.54, 1.807) is 5.56 Å². The fourth-order valence-corrected chi connectivity index (χ4v) is 5.86. The molecule has 0 amide bonds. The molecule has 2 fully saturated rings. The van der Waals surface area contributed by atoms with Gasteiger partial charge in [0.25, 0.3) is 0 Å². The van der Waals surface area contributed by atoms with Gasteiger partial charge in [-0.1, -0.05) is 75.3 Å². The number of hydrogen-bond donors (Lipinski definition) is 0. The number of rotatable bonds is 4. The summed E-state index contributed by atoms with van der Waals surface area (Å²) in [4.78, 5) is 0. The first kappa shape index (κ1) is 20.0. The lowest BCUT2D eigenvalue weighted by molar-refractivity contribution is 0.242. The van der Waals surface area contributed by atoms with Crippen molar-refractivity contribution in [2.75, 3.05) is 0 Å². The van der Waals surface area contributed by atoms with Crippen molar-refractivity contribution >= 4 is 6.08 Å². The van der Waals surface area contributed by atoms with Gasteiger partial charge in [-0.3, -0.25) is 0 Å². The summed E-state index contributed by atoms with van der Waals surface area (Å²) in [7, 11) is 0. The van der Waals surface area contributed by atoms with Gasteiger partial charge in [0.2, 0.25) is 0 Å². The largest absolute Gasteiger partial charge is 0.0854 e. The molecular weight excluding hydrogens is 336 g/mol. The van der Waals surface area contributed by atoms with Crippen molar-refractivity contribution in [3.05, 3.63) is 53.6 Å². The smallest absolute Gasteiger partial charge is 0.0162 e. The van der Waals surface area contributed by atoms with Crippen LogP contribution in [0, 0.1) is 29.6 Å². The summed E-state index contributed by atoms with van der Waals surface area (Å²) in [5.41, 5.74) is 2.97. The number of hydrogen-bond acceptors (Lipinski definition) is 0. The van der Waals surface area contributed by atoms with Gasteiger partial charge in [-0.25, -0.2) is 0 Å². The third-order valence-electron chi connectivity index (χ3n) is 8.05. The van der Waals surface area contributed by atoms with Gasteiger partial charge in [0.1, 0.15) is 0 Å². The van der Waals surface area contributed by atoms with Crippen LogP contribution in [0.25, 0.3) is 6.08 Å². The number of benzene rings is 1. The number of allylic oxidation sites excluding steroid dienone is 3. The Hall–Kier alpha value is -1.30. The lowest BCUT2D eigenvalue weighted by atomic mass is 9.71. The Bertz CT molecular complexity index is 648. The normalized spacial score (nSPS) is 36.6. The Morgan fingerprint density at radius 2 is 1.43 bits per heavy atom. The minimum Gasteiger partial charge on any atom is -0.0854 e. The molecule has 0 saturated heterocycles. The summed E-state index contributed by atoms with van der Waals surface area (Å²) >= 11 is 0. The molecule has 3 aliphatic rings. The lowest BCUT2D eigenvalue weighted by Gasteiger charge is -2.34. The predicted molar refractivity (Wildman–Crippen MR) is 122 cm³/mol. The summed E-state index contributed by atoms with van der Waals surface area (Å²) in [6.45, 7) is 4.76. The van der Waals surface area contributed by atoms with Gasteiger partial charge < -0.3 is 0 Å². The van der Waals surface area contributed by atoms with E-state index in [0.29, 0.717) is 0 Å². The molecule has 1 aromatic rings. The molecule has 2 saturated carbocycles. The van der Waals surface area contributed by atoms with Crippen LogP contribution in [0.15, 0.2) is 42.5 Å². The fraction of sp³-hybridized carbons (Fsp3) is 0.643. The third kappa shape index (κ3) is 5.19. The Balaban J connectivity index is 1.27. The highest BCUT2D eigenvalue weighted by Crippen LogP contribution is 2.42. The van der Waals surface area contributed by atoms with Crippen LogP contribution >= 0.6 is 0 Å². The van der Waals surface area contributed by atoms with Crippen molar-refractivity contribution in [1.82, 2.24) is 0 Å². The van der Waals surface area contributed by atoms with E-state index in [1.807, 2.05) is 0 Å². The third-order valence-corrected chi connectivity index (χ3v) is 8.05. The van der Waals surface area contributed by atoms with Crippen molar-refractivity contribution in [3.63, 3.8) is 0 Å². The summed E-state index contributed by atoms with van der Waals surface area (Å²) in [6, 6.07) is 9.54. The fourth-order valence-electron chi connectivity index (χ4n) is 5.86. The summed E-state index contributed by atoms with van der Waals surface area (Å²) in [5, 5.41) is 0. The monoisotopic (exact) mass is 376 g/mol. The lowest BCUT2D eigenvalue weighted by Crippen LogP contribution is -2.22. The van der Waals surface area contributed by atoms with Crippen molar-refractivity contribution < 1.29 is 0 Å². The first-order valence-corrected chi connectivity index (χ1v) is 12.1. The standard InChI is InChI=1S/C28H40/c1-21-3-7-23(8-4-21)9-10-24-11-15-26(16-12-24)28-19-17-27(18-20-28)25-13-5-22(2)6-14-25/h5,9-13,15-16,21-23,25,27-28H,3-4,6-8,14,17-20H2,1-2H3/b10-9+. The molecule has 0 spiro atoms. The molecular formula is C28H40. The molecule has 0 aromatic heterocycles. The molecule has 3 aliphatic carbocycles. The second-order valence-corrected chi connectivity index (χ2v) is 10.3. The van der Waals surface area contributed by atoms with Crippen molar-refractivity contribution in [1.29, 1.82) is 0 Å². The Kier molecular flexibility index (Phi) is 6.76. The van der Waals surface area contributed by atoms with Gasteiger partial charge in [-0.2, -0.15) is 0 Å². The zero-order valence-corrected chi connectivity index (χ0v) is 18.2.